The van der Waals surface area contributed by atoms with Crippen molar-refractivity contribution in [3.63, 3.8) is 0 Å². The molecule has 0 fully saturated rings. The Labute approximate surface area is 222 Å². The number of H-pyrrole nitrogens is 2. The number of carboxylic acids is 1. The first-order valence-electron chi connectivity index (χ1n) is 13.1. The molecule has 0 aromatic carbocycles. The minimum Gasteiger partial charge on any atom is -0.481 e. The summed E-state index contributed by atoms with van der Waals surface area (Å²) in [5.41, 5.74) is 16.1. The number of allylic oxidation sites excluding steroid dienone is 3. The fourth-order valence-corrected chi connectivity index (χ4v) is 5.58. The summed E-state index contributed by atoms with van der Waals surface area (Å²) in [6, 6.07) is 6.35. The van der Waals surface area contributed by atoms with Crippen LogP contribution in [-0.4, -0.2) is 31.0 Å². The SMILES string of the molecule is C=Cc1c(C)c2cc3nc(c(C)c4nc(cc5[nH]c(cc1[nH]2)c(C)c5CC)C(C)=C4)C(CCC(=O)O)=C3C. The largest absolute Gasteiger partial charge is 0.481 e. The fourth-order valence-electron chi connectivity index (χ4n) is 5.58. The van der Waals surface area contributed by atoms with Crippen molar-refractivity contribution in [2.45, 2.75) is 60.8 Å². The third-order valence-corrected chi connectivity index (χ3v) is 7.91. The third kappa shape index (κ3) is 4.20. The zero-order valence-electron chi connectivity index (χ0n) is 23.0. The van der Waals surface area contributed by atoms with Gasteiger partial charge in [0.2, 0.25) is 0 Å². The first kappa shape index (κ1) is 25.5. The predicted molar refractivity (Wildman–Crippen MR) is 158 cm³/mol. The molecule has 0 saturated carbocycles. The van der Waals surface area contributed by atoms with Gasteiger partial charge in [0.25, 0.3) is 0 Å². The van der Waals surface area contributed by atoms with Crippen LogP contribution < -0.4 is 0 Å². The van der Waals surface area contributed by atoms with Crippen LogP contribution in [0.25, 0.3) is 50.9 Å². The molecule has 2 aliphatic rings. The van der Waals surface area contributed by atoms with Gasteiger partial charge in [0.15, 0.2) is 0 Å². The molecule has 0 aliphatic carbocycles. The van der Waals surface area contributed by atoms with E-state index in [0.29, 0.717) is 6.42 Å². The highest BCUT2D eigenvalue weighted by Gasteiger charge is 2.22. The molecule has 3 N–H and O–H groups in total. The van der Waals surface area contributed by atoms with Crippen LogP contribution in [0.3, 0.4) is 0 Å². The van der Waals surface area contributed by atoms with E-state index in [1.807, 2.05) is 19.9 Å². The lowest BCUT2D eigenvalue weighted by Crippen LogP contribution is -1.97. The van der Waals surface area contributed by atoms with E-state index in [0.717, 1.165) is 84.7 Å². The Hall–Kier alpha value is -4.19. The quantitative estimate of drug-likeness (QED) is 0.329. The van der Waals surface area contributed by atoms with E-state index in [1.165, 1.54) is 11.1 Å². The van der Waals surface area contributed by atoms with E-state index in [-0.39, 0.29) is 6.42 Å². The molecule has 38 heavy (non-hydrogen) atoms. The van der Waals surface area contributed by atoms with E-state index < -0.39 is 5.97 Å². The van der Waals surface area contributed by atoms with Gasteiger partial charge in [0, 0.05) is 39.6 Å². The van der Waals surface area contributed by atoms with Crippen molar-refractivity contribution in [2.24, 2.45) is 0 Å². The highest BCUT2D eigenvalue weighted by atomic mass is 16.4. The third-order valence-electron chi connectivity index (χ3n) is 7.91. The number of aryl methyl sites for hydroxylation is 3. The zero-order chi connectivity index (χ0) is 27.3. The van der Waals surface area contributed by atoms with Gasteiger partial charge in [-0.2, -0.15) is 0 Å². The Balaban J connectivity index is 1.96. The van der Waals surface area contributed by atoms with Crippen molar-refractivity contribution in [1.82, 2.24) is 19.9 Å². The smallest absolute Gasteiger partial charge is 0.303 e. The maximum Gasteiger partial charge on any atom is 0.303 e. The molecule has 5 rings (SSSR count). The van der Waals surface area contributed by atoms with E-state index in [1.54, 1.807) is 0 Å². The summed E-state index contributed by atoms with van der Waals surface area (Å²) in [4.78, 5) is 28.8. The van der Waals surface area contributed by atoms with Gasteiger partial charge >= 0.3 is 5.97 Å². The summed E-state index contributed by atoms with van der Waals surface area (Å²) in [6.45, 7) is 16.6. The Bertz CT molecular complexity index is 1740. The molecule has 0 unspecified atom stereocenters. The van der Waals surface area contributed by atoms with Gasteiger partial charge in [0.1, 0.15) is 0 Å². The molecule has 2 aliphatic heterocycles. The van der Waals surface area contributed by atoms with Crippen LogP contribution in [0.5, 0.6) is 0 Å². The number of aromatic amines is 2. The van der Waals surface area contributed by atoms with Crippen LogP contribution in [0.4, 0.5) is 0 Å². The molecule has 0 atom stereocenters. The maximum atomic E-state index is 11.5. The Morgan fingerprint density at radius 2 is 1.61 bits per heavy atom. The number of nitrogens with one attached hydrogen (secondary N) is 2. The van der Waals surface area contributed by atoms with Crippen LogP contribution >= 0.6 is 0 Å². The van der Waals surface area contributed by atoms with Gasteiger partial charge in [-0.25, -0.2) is 9.97 Å². The Morgan fingerprint density at radius 3 is 2.29 bits per heavy atom. The number of nitrogens with zero attached hydrogens (tertiary/aromatic N) is 2. The van der Waals surface area contributed by atoms with Crippen LogP contribution in [0.15, 0.2) is 24.8 Å². The van der Waals surface area contributed by atoms with E-state index in [9.17, 15) is 9.90 Å². The van der Waals surface area contributed by atoms with Crippen LogP contribution in [0.1, 0.15) is 84.2 Å². The van der Waals surface area contributed by atoms with Gasteiger partial charge in [-0.05, 0) is 105 Å². The topological polar surface area (TPSA) is 94.7 Å². The number of hydrogen-bond donors (Lipinski definition) is 3. The monoisotopic (exact) mass is 506 g/mol. The van der Waals surface area contributed by atoms with Crippen LogP contribution in [0, 0.1) is 20.8 Å². The minimum atomic E-state index is -0.819. The summed E-state index contributed by atoms with van der Waals surface area (Å²) in [7, 11) is 0. The molecule has 3 aromatic rings. The molecule has 3 aromatic heterocycles. The minimum absolute atomic E-state index is 0.0497. The summed E-state index contributed by atoms with van der Waals surface area (Å²) in [5.74, 6) is -0.819. The van der Waals surface area contributed by atoms with Crippen LogP contribution in [0.2, 0.25) is 0 Å². The standard InChI is InChI=1S/C32H34N4O2/c1-8-21-18(5)27-15-30-22(9-2)17(4)26(34-30)14-28-19(6)23(10-11-31(37)38)32(36-28)20(7)25-12-16(3)24(33-25)13-29(21)35-27/h9,12-15,34-35H,2,8,10-11H2,1,3-7H3,(H,37,38). The Kier molecular flexibility index (Phi) is 6.43. The summed E-state index contributed by atoms with van der Waals surface area (Å²) < 4.78 is 0. The average Bonchev–Trinajstić information content (AvgIpc) is 3.57. The lowest BCUT2D eigenvalue weighted by Gasteiger charge is -2.05. The maximum absolute atomic E-state index is 11.5. The molecule has 5 heterocycles. The number of fused-ring (bicyclic) bond motifs is 8. The van der Waals surface area contributed by atoms with Gasteiger partial charge in [-0.15, -0.1) is 0 Å². The normalized spacial score (nSPS) is 13.2. The van der Waals surface area contributed by atoms with E-state index in [2.05, 4.69) is 68.5 Å². The molecule has 0 saturated heterocycles. The molecule has 0 radical (unpaired) electrons. The number of rotatable bonds is 5. The summed E-state index contributed by atoms with van der Waals surface area (Å²) in [5, 5.41) is 9.41. The van der Waals surface area contributed by atoms with Crippen molar-refractivity contribution < 1.29 is 9.90 Å². The van der Waals surface area contributed by atoms with Crippen molar-refractivity contribution in [3.8, 4) is 0 Å². The number of aliphatic carboxylic acids is 1. The van der Waals surface area contributed by atoms with Gasteiger partial charge in [-0.3, -0.25) is 4.79 Å². The van der Waals surface area contributed by atoms with Crippen molar-refractivity contribution in [3.05, 3.63) is 75.4 Å². The van der Waals surface area contributed by atoms with Crippen molar-refractivity contribution in [2.75, 3.05) is 0 Å². The molecule has 194 valence electrons. The lowest BCUT2D eigenvalue weighted by atomic mass is 9.98. The highest BCUT2D eigenvalue weighted by Crippen LogP contribution is 2.37. The van der Waals surface area contributed by atoms with Crippen LogP contribution in [-0.2, 0) is 11.2 Å². The second kappa shape index (κ2) is 9.60. The fraction of sp³-hybridized carbons (Fsp3) is 0.281. The summed E-state index contributed by atoms with van der Waals surface area (Å²) in [6.07, 6.45) is 5.36. The van der Waals surface area contributed by atoms with Crippen molar-refractivity contribution in [1.29, 1.82) is 0 Å². The molecule has 6 heteroatoms. The molecule has 8 bridgehead atoms. The van der Waals surface area contributed by atoms with Gasteiger partial charge < -0.3 is 15.1 Å². The average molecular weight is 507 g/mol. The molecule has 6 nitrogen and oxygen atoms in total. The predicted octanol–water partition coefficient (Wildman–Crippen LogP) is 7.80. The lowest BCUT2D eigenvalue weighted by molar-refractivity contribution is -0.136. The molecule has 0 spiro atoms. The summed E-state index contributed by atoms with van der Waals surface area (Å²) >= 11 is 0. The first-order valence-corrected chi connectivity index (χ1v) is 13.1. The first-order chi connectivity index (χ1) is 18.1. The van der Waals surface area contributed by atoms with Gasteiger partial charge in [0.05, 0.1) is 22.8 Å². The number of hydrogen-bond acceptors (Lipinski definition) is 3. The highest BCUT2D eigenvalue weighted by molar-refractivity contribution is 5.95. The molecule has 0 amide bonds. The van der Waals surface area contributed by atoms with E-state index >= 15 is 0 Å². The number of aromatic nitrogens is 4. The van der Waals surface area contributed by atoms with E-state index in [4.69, 9.17) is 9.97 Å². The molecular formula is C32H34N4O2. The van der Waals surface area contributed by atoms with Gasteiger partial charge in [-0.1, -0.05) is 19.6 Å². The molecular weight excluding hydrogens is 472 g/mol. The second-order valence-electron chi connectivity index (χ2n) is 10.2. The van der Waals surface area contributed by atoms with Crippen molar-refractivity contribution >= 4 is 56.9 Å². The number of carbonyl (C=O) groups is 1. The Morgan fingerprint density at radius 1 is 0.921 bits per heavy atom. The zero-order valence-corrected chi connectivity index (χ0v) is 23.0. The number of carboxylic acid groups (broad SMARTS) is 1. The second-order valence-corrected chi connectivity index (χ2v) is 10.2.